The minimum atomic E-state index is -0.354. The molecule has 1 aromatic carbocycles. The summed E-state index contributed by atoms with van der Waals surface area (Å²) in [5.74, 6) is 1.35. The van der Waals surface area contributed by atoms with Crippen LogP contribution < -0.4 is 20.1 Å². The van der Waals surface area contributed by atoms with Crippen molar-refractivity contribution in [3.8, 4) is 11.5 Å². The smallest absolute Gasteiger partial charge is 0.257 e. The molecule has 0 fully saturated rings. The van der Waals surface area contributed by atoms with Crippen LogP contribution in [0.5, 0.6) is 11.5 Å². The number of benzene rings is 1. The second-order valence-corrected chi connectivity index (χ2v) is 6.80. The van der Waals surface area contributed by atoms with Gasteiger partial charge in [-0.1, -0.05) is 0 Å². The fourth-order valence-corrected chi connectivity index (χ4v) is 2.64. The van der Waals surface area contributed by atoms with Crippen LogP contribution >= 0.6 is 34.8 Å². The molecule has 0 aliphatic rings. The van der Waals surface area contributed by atoms with Gasteiger partial charge >= 0.3 is 0 Å². The number of carbonyl (C=O) groups is 1. The summed E-state index contributed by atoms with van der Waals surface area (Å²) < 4.78 is 12.0. The molecule has 8 heteroatoms. The summed E-state index contributed by atoms with van der Waals surface area (Å²) in [6, 6.07) is 8.78. The number of aryl methyl sites for hydroxylation is 1. The highest BCUT2D eigenvalue weighted by molar-refractivity contribution is 14.1. The van der Waals surface area contributed by atoms with Crippen LogP contribution in [0.2, 0.25) is 0 Å². The van der Waals surface area contributed by atoms with Gasteiger partial charge in [-0.25, -0.2) is 4.98 Å². The number of anilines is 1. The second kappa shape index (κ2) is 9.67. The van der Waals surface area contributed by atoms with Crippen LogP contribution in [0.1, 0.15) is 29.9 Å². The fraction of sp³-hybridized carbons (Fsp3) is 0.278. The van der Waals surface area contributed by atoms with Crippen molar-refractivity contribution in [2.75, 3.05) is 18.5 Å². The van der Waals surface area contributed by atoms with Crippen molar-refractivity contribution in [3.05, 3.63) is 45.2 Å². The van der Waals surface area contributed by atoms with Gasteiger partial charge in [-0.05, 0) is 79.8 Å². The minimum Gasteiger partial charge on any atom is -0.494 e. The number of pyridine rings is 1. The number of amides is 1. The summed E-state index contributed by atoms with van der Waals surface area (Å²) in [7, 11) is 0. The van der Waals surface area contributed by atoms with E-state index in [4.69, 9.17) is 21.7 Å². The molecule has 0 aliphatic carbocycles. The van der Waals surface area contributed by atoms with Gasteiger partial charge in [-0.3, -0.25) is 10.1 Å². The van der Waals surface area contributed by atoms with Crippen molar-refractivity contribution in [1.29, 1.82) is 0 Å². The zero-order chi connectivity index (χ0) is 19.1. The van der Waals surface area contributed by atoms with Gasteiger partial charge in [0, 0.05) is 15.2 Å². The summed E-state index contributed by atoms with van der Waals surface area (Å²) in [6.45, 7) is 6.65. The molecule has 2 N–H and O–H groups in total. The Balaban J connectivity index is 2.10. The van der Waals surface area contributed by atoms with Gasteiger partial charge in [-0.15, -0.1) is 0 Å². The molecule has 0 unspecified atom stereocenters. The summed E-state index contributed by atoms with van der Waals surface area (Å²) in [5.41, 5.74) is 1.28. The van der Waals surface area contributed by atoms with Crippen LogP contribution in [0.25, 0.3) is 0 Å². The number of carbonyl (C=O) groups excluding carboxylic acids is 1. The first-order valence-electron chi connectivity index (χ1n) is 8.09. The predicted molar refractivity (Wildman–Crippen MR) is 114 cm³/mol. The molecular formula is C18H20IN3O3S. The number of thiocarbonyl (C=S) groups is 1. The zero-order valence-corrected chi connectivity index (χ0v) is 17.7. The number of hydrogen-bond donors (Lipinski definition) is 2. The average Bonchev–Trinajstić information content (AvgIpc) is 2.58. The van der Waals surface area contributed by atoms with E-state index in [1.54, 1.807) is 24.3 Å². The molecule has 0 spiro atoms. The molecular weight excluding hydrogens is 465 g/mol. The van der Waals surface area contributed by atoms with Gasteiger partial charge in [0.25, 0.3) is 5.91 Å². The fourth-order valence-electron chi connectivity index (χ4n) is 2.14. The Morgan fingerprint density at radius 3 is 2.31 bits per heavy atom. The van der Waals surface area contributed by atoms with E-state index in [1.165, 1.54) is 0 Å². The highest BCUT2D eigenvalue weighted by Crippen LogP contribution is 2.23. The largest absolute Gasteiger partial charge is 0.494 e. The van der Waals surface area contributed by atoms with Crippen molar-refractivity contribution in [2.24, 2.45) is 0 Å². The number of hydrogen-bond acceptors (Lipinski definition) is 5. The summed E-state index contributed by atoms with van der Waals surface area (Å²) in [5, 5.41) is 5.73. The van der Waals surface area contributed by atoms with Crippen LogP contribution in [0.15, 0.2) is 30.3 Å². The highest BCUT2D eigenvalue weighted by atomic mass is 127. The van der Waals surface area contributed by atoms with Crippen LogP contribution in [0.3, 0.4) is 0 Å². The molecule has 1 aromatic heterocycles. The maximum absolute atomic E-state index is 12.5. The van der Waals surface area contributed by atoms with E-state index in [2.05, 4.69) is 38.2 Å². The molecule has 1 amide bonds. The topological polar surface area (TPSA) is 72.5 Å². The van der Waals surface area contributed by atoms with Crippen LogP contribution in [-0.2, 0) is 0 Å². The van der Waals surface area contributed by atoms with E-state index < -0.39 is 0 Å². The lowest BCUT2D eigenvalue weighted by Gasteiger charge is -2.12. The van der Waals surface area contributed by atoms with Crippen molar-refractivity contribution >= 4 is 51.6 Å². The Morgan fingerprint density at radius 1 is 1.15 bits per heavy atom. The van der Waals surface area contributed by atoms with Gasteiger partial charge in [-0.2, -0.15) is 0 Å². The Kier molecular flexibility index (Phi) is 7.58. The third kappa shape index (κ3) is 5.80. The van der Waals surface area contributed by atoms with E-state index in [-0.39, 0.29) is 11.0 Å². The number of nitrogens with one attached hydrogen (secondary N) is 2. The maximum atomic E-state index is 12.5. The van der Waals surface area contributed by atoms with E-state index in [9.17, 15) is 4.79 Å². The van der Waals surface area contributed by atoms with Gasteiger partial charge in [0.1, 0.15) is 17.3 Å². The van der Waals surface area contributed by atoms with Gasteiger partial charge < -0.3 is 14.8 Å². The molecule has 0 saturated heterocycles. The number of nitrogens with zero attached hydrogens (tertiary/aromatic N) is 1. The maximum Gasteiger partial charge on any atom is 0.257 e. The third-order valence-corrected chi connectivity index (χ3v) is 4.60. The number of halogens is 1. The normalized spacial score (nSPS) is 10.2. The van der Waals surface area contributed by atoms with E-state index in [1.807, 2.05) is 26.8 Å². The van der Waals surface area contributed by atoms with E-state index in [0.717, 1.165) is 9.26 Å². The molecule has 0 bridgehead atoms. The second-order valence-electron chi connectivity index (χ2n) is 5.23. The van der Waals surface area contributed by atoms with Gasteiger partial charge in [0.15, 0.2) is 5.11 Å². The number of aromatic nitrogens is 1. The average molecular weight is 485 g/mol. The molecule has 0 radical (unpaired) electrons. The van der Waals surface area contributed by atoms with Crippen LogP contribution in [0, 0.1) is 10.5 Å². The van der Waals surface area contributed by atoms with Crippen molar-refractivity contribution in [1.82, 2.24) is 10.3 Å². The standard InChI is InChI=1S/C18H20IN3O3S/c1-4-24-13-8-12(9-14(10-13)25-5-2)17(23)22-18(26)21-16-7-6-15(19)11(3)20-16/h6-10H,4-5H2,1-3H3,(H2,20,21,22,23,26). The molecule has 2 rings (SSSR count). The highest BCUT2D eigenvalue weighted by Gasteiger charge is 2.12. The quantitative estimate of drug-likeness (QED) is 0.478. The summed E-state index contributed by atoms with van der Waals surface area (Å²) in [6.07, 6.45) is 0. The Hall–Kier alpha value is -1.94. The molecule has 0 aliphatic heterocycles. The first kappa shape index (κ1) is 20.4. The zero-order valence-electron chi connectivity index (χ0n) is 14.8. The van der Waals surface area contributed by atoms with Crippen LogP contribution in [0.4, 0.5) is 5.82 Å². The molecule has 6 nitrogen and oxygen atoms in total. The predicted octanol–water partition coefficient (Wildman–Crippen LogP) is 3.92. The number of ether oxygens (including phenoxy) is 2. The Labute approximate surface area is 171 Å². The van der Waals surface area contributed by atoms with E-state index in [0.29, 0.717) is 36.1 Å². The molecule has 0 atom stereocenters. The third-order valence-electron chi connectivity index (χ3n) is 3.25. The lowest BCUT2D eigenvalue weighted by Crippen LogP contribution is -2.34. The Bertz CT molecular complexity index is 790. The van der Waals surface area contributed by atoms with Gasteiger partial charge in [0.05, 0.1) is 18.9 Å². The lowest BCUT2D eigenvalue weighted by molar-refractivity contribution is 0.0977. The number of rotatable bonds is 6. The van der Waals surface area contributed by atoms with Crippen LogP contribution in [-0.4, -0.2) is 29.2 Å². The van der Waals surface area contributed by atoms with Crippen molar-refractivity contribution < 1.29 is 14.3 Å². The lowest BCUT2D eigenvalue weighted by atomic mass is 10.2. The molecule has 138 valence electrons. The van der Waals surface area contributed by atoms with Crippen molar-refractivity contribution in [3.63, 3.8) is 0 Å². The monoisotopic (exact) mass is 485 g/mol. The van der Waals surface area contributed by atoms with E-state index >= 15 is 0 Å². The molecule has 2 aromatic rings. The minimum absolute atomic E-state index is 0.169. The SMILES string of the molecule is CCOc1cc(OCC)cc(C(=O)NC(=S)Nc2ccc(I)c(C)n2)c1. The molecule has 1 heterocycles. The Morgan fingerprint density at radius 2 is 1.77 bits per heavy atom. The molecule has 26 heavy (non-hydrogen) atoms. The summed E-state index contributed by atoms with van der Waals surface area (Å²) >= 11 is 7.41. The molecule has 0 saturated carbocycles. The summed E-state index contributed by atoms with van der Waals surface area (Å²) in [4.78, 5) is 16.9. The van der Waals surface area contributed by atoms with Crippen molar-refractivity contribution in [2.45, 2.75) is 20.8 Å². The first-order valence-corrected chi connectivity index (χ1v) is 9.57. The first-order chi connectivity index (χ1) is 12.4. The van der Waals surface area contributed by atoms with Gasteiger partial charge in [0.2, 0.25) is 0 Å².